The van der Waals surface area contributed by atoms with Crippen molar-refractivity contribution in [2.75, 3.05) is 6.61 Å². The normalized spacial score (nSPS) is 13.3. The molecule has 0 bridgehead atoms. The minimum atomic E-state index is -2.62. The van der Waals surface area contributed by atoms with Crippen molar-refractivity contribution in [2.24, 2.45) is 0 Å². The van der Waals surface area contributed by atoms with Crippen molar-refractivity contribution in [3.63, 3.8) is 0 Å². The molecular weight excluding hydrogens is 332 g/mol. The van der Waals surface area contributed by atoms with Gasteiger partial charge in [-0.25, -0.2) is 13.6 Å². The predicted molar refractivity (Wildman–Crippen MR) is 90.4 cm³/mol. The summed E-state index contributed by atoms with van der Waals surface area (Å²) in [5.41, 5.74) is 0.910. The van der Waals surface area contributed by atoms with Crippen molar-refractivity contribution in [3.05, 3.63) is 29.5 Å². The van der Waals surface area contributed by atoms with Gasteiger partial charge in [-0.15, -0.1) is 0 Å². The fourth-order valence-corrected chi connectivity index (χ4v) is 2.69. The van der Waals surface area contributed by atoms with Crippen molar-refractivity contribution in [1.29, 1.82) is 0 Å². The Morgan fingerprint density at radius 2 is 2.00 bits per heavy atom. The Morgan fingerprint density at radius 3 is 2.52 bits per heavy atom. The molecule has 1 heterocycles. The van der Waals surface area contributed by atoms with Gasteiger partial charge in [0.1, 0.15) is 18.0 Å². The zero-order valence-corrected chi connectivity index (χ0v) is 15.0. The first-order valence-corrected chi connectivity index (χ1v) is 7.98. The molecule has 0 aliphatic carbocycles. The third-order valence-corrected chi connectivity index (χ3v) is 3.54. The molecule has 7 heteroatoms. The van der Waals surface area contributed by atoms with Crippen molar-refractivity contribution in [2.45, 2.75) is 52.7 Å². The number of carbonyl (C=O) groups excluding carboxylic acids is 1. The lowest BCUT2D eigenvalue weighted by molar-refractivity contribution is 0.0544. The molecule has 0 saturated heterocycles. The summed E-state index contributed by atoms with van der Waals surface area (Å²) in [5, 5.41) is 10.7. The largest absolute Gasteiger partial charge is 0.487 e. The third kappa shape index (κ3) is 4.28. The Hall–Kier alpha value is -2.15. The molecule has 138 valence electrons. The predicted octanol–water partition coefficient (Wildman–Crippen LogP) is 4.43. The molecule has 5 nitrogen and oxygen atoms in total. The number of aromatic nitrogens is 1. The van der Waals surface area contributed by atoms with Gasteiger partial charge in [0.05, 0.1) is 11.6 Å². The second-order valence-corrected chi connectivity index (χ2v) is 6.91. The van der Waals surface area contributed by atoms with Gasteiger partial charge in [-0.3, -0.25) is 4.57 Å². The first-order chi connectivity index (χ1) is 11.5. The molecule has 0 aliphatic rings. The van der Waals surface area contributed by atoms with Crippen LogP contribution in [0.4, 0.5) is 13.6 Å². The third-order valence-electron chi connectivity index (χ3n) is 3.54. The number of fused-ring (bicyclic) bond motifs is 1. The second kappa shape index (κ2) is 7.00. The van der Waals surface area contributed by atoms with Crippen molar-refractivity contribution >= 4 is 17.0 Å². The molecule has 25 heavy (non-hydrogen) atoms. The SMILES string of the molecule is Cc1cc(OCC(F)F)c(C(C)O)c2ccn(C(=O)OC(C)(C)C)c12. The fourth-order valence-electron chi connectivity index (χ4n) is 2.69. The number of rotatable bonds is 4. The lowest BCUT2D eigenvalue weighted by atomic mass is 10.0. The summed E-state index contributed by atoms with van der Waals surface area (Å²) in [6.07, 6.45) is -2.59. The summed E-state index contributed by atoms with van der Waals surface area (Å²) < 4.78 is 36.9. The summed E-state index contributed by atoms with van der Waals surface area (Å²) in [7, 11) is 0. The molecule has 0 amide bonds. The van der Waals surface area contributed by atoms with E-state index in [-0.39, 0.29) is 5.75 Å². The smallest absolute Gasteiger partial charge is 0.419 e. The molecule has 1 aromatic carbocycles. The quantitative estimate of drug-likeness (QED) is 0.881. The Balaban J connectivity index is 2.57. The number of carbonyl (C=O) groups is 1. The molecule has 2 rings (SSSR count). The van der Waals surface area contributed by atoms with E-state index >= 15 is 0 Å². The van der Waals surface area contributed by atoms with Gasteiger partial charge in [0.25, 0.3) is 6.43 Å². The molecule has 0 aliphatic heterocycles. The second-order valence-electron chi connectivity index (χ2n) is 6.91. The number of aliphatic hydroxyl groups excluding tert-OH is 1. The highest BCUT2D eigenvalue weighted by molar-refractivity contribution is 5.95. The summed E-state index contributed by atoms with van der Waals surface area (Å²) in [5.74, 6) is 0.183. The van der Waals surface area contributed by atoms with Crippen LogP contribution in [0.5, 0.6) is 5.75 Å². The molecular formula is C18H23F2NO4. The number of ether oxygens (including phenoxy) is 2. The van der Waals surface area contributed by atoms with Gasteiger partial charge in [-0.2, -0.15) is 0 Å². The van der Waals surface area contributed by atoms with Crippen LogP contribution in [0, 0.1) is 6.92 Å². The van der Waals surface area contributed by atoms with Gasteiger partial charge in [-0.1, -0.05) is 0 Å². The maximum atomic E-state index is 12.5. The maximum Gasteiger partial charge on any atom is 0.419 e. The van der Waals surface area contributed by atoms with E-state index in [4.69, 9.17) is 9.47 Å². The number of hydrogen-bond acceptors (Lipinski definition) is 4. The van der Waals surface area contributed by atoms with E-state index in [0.29, 0.717) is 22.0 Å². The van der Waals surface area contributed by atoms with Crippen LogP contribution in [0.25, 0.3) is 10.9 Å². The number of nitrogens with zero attached hydrogens (tertiary/aromatic N) is 1. The summed E-state index contributed by atoms with van der Waals surface area (Å²) in [6.45, 7) is 7.79. The Kier molecular flexibility index (Phi) is 5.37. The van der Waals surface area contributed by atoms with Crippen molar-refractivity contribution < 1.29 is 28.2 Å². The Morgan fingerprint density at radius 1 is 1.36 bits per heavy atom. The Labute approximate surface area is 145 Å². The van der Waals surface area contributed by atoms with Gasteiger partial charge in [-0.05, 0) is 52.3 Å². The Bertz CT molecular complexity index is 775. The van der Waals surface area contributed by atoms with Gasteiger partial charge in [0, 0.05) is 17.1 Å². The number of aryl methyl sites for hydroxylation is 1. The van der Waals surface area contributed by atoms with E-state index < -0.39 is 30.8 Å². The van der Waals surface area contributed by atoms with Crippen molar-refractivity contribution in [3.8, 4) is 5.75 Å². The standard InChI is InChI=1S/C18H23F2NO4/c1-10-8-13(24-9-14(19)20)15(11(2)22)12-6-7-21(16(10)12)17(23)25-18(3,4)5/h6-8,11,14,22H,9H2,1-5H3. The monoisotopic (exact) mass is 355 g/mol. The van der Waals surface area contributed by atoms with E-state index in [1.165, 1.54) is 17.7 Å². The molecule has 1 unspecified atom stereocenters. The average Bonchev–Trinajstić information content (AvgIpc) is 2.88. The molecule has 1 aromatic heterocycles. The van der Waals surface area contributed by atoms with Crippen LogP contribution in [0.2, 0.25) is 0 Å². The van der Waals surface area contributed by atoms with Crippen LogP contribution in [-0.2, 0) is 4.74 Å². The average molecular weight is 355 g/mol. The topological polar surface area (TPSA) is 60.7 Å². The number of aliphatic hydroxyl groups is 1. The molecule has 0 radical (unpaired) electrons. The van der Waals surface area contributed by atoms with E-state index in [1.54, 1.807) is 39.8 Å². The minimum Gasteiger partial charge on any atom is -0.487 e. The van der Waals surface area contributed by atoms with Crippen LogP contribution < -0.4 is 4.74 Å². The highest BCUT2D eigenvalue weighted by atomic mass is 19.3. The maximum absolute atomic E-state index is 12.5. The van der Waals surface area contributed by atoms with Gasteiger partial charge in [0.2, 0.25) is 0 Å². The highest BCUT2D eigenvalue weighted by Crippen LogP contribution is 2.36. The van der Waals surface area contributed by atoms with Gasteiger partial charge < -0.3 is 14.6 Å². The number of benzene rings is 1. The van der Waals surface area contributed by atoms with Crippen LogP contribution in [0.1, 0.15) is 44.9 Å². The highest BCUT2D eigenvalue weighted by Gasteiger charge is 2.23. The fraction of sp³-hybridized carbons (Fsp3) is 0.500. The zero-order chi connectivity index (χ0) is 18.9. The van der Waals surface area contributed by atoms with E-state index in [9.17, 15) is 18.7 Å². The van der Waals surface area contributed by atoms with Crippen LogP contribution in [-0.4, -0.2) is 34.4 Å². The van der Waals surface area contributed by atoms with Crippen LogP contribution in [0.15, 0.2) is 18.3 Å². The van der Waals surface area contributed by atoms with E-state index in [1.807, 2.05) is 0 Å². The van der Waals surface area contributed by atoms with Crippen LogP contribution >= 0.6 is 0 Å². The summed E-state index contributed by atoms with van der Waals surface area (Å²) in [4.78, 5) is 12.4. The van der Waals surface area contributed by atoms with E-state index in [2.05, 4.69) is 0 Å². The van der Waals surface area contributed by atoms with E-state index in [0.717, 1.165) is 0 Å². The number of alkyl halides is 2. The molecule has 2 aromatic rings. The zero-order valence-electron chi connectivity index (χ0n) is 15.0. The first-order valence-electron chi connectivity index (χ1n) is 7.98. The first kappa shape index (κ1) is 19.2. The summed E-state index contributed by atoms with van der Waals surface area (Å²) in [6, 6.07) is 3.19. The van der Waals surface area contributed by atoms with Crippen LogP contribution in [0.3, 0.4) is 0 Å². The molecule has 1 N–H and O–H groups in total. The van der Waals surface area contributed by atoms with Gasteiger partial charge >= 0.3 is 6.09 Å². The number of hydrogen-bond donors (Lipinski definition) is 1. The lowest BCUT2D eigenvalue weighted by Crippen LogP contribution is -2.26. The molecule has 0 fully saturated rings. The van der Waals surface area contributed by atoms with Gasteiger partial charge in [0.15, 0.2) is 0 Å². The molecule has 0 saturated carbocycles. The minimum absolute atomic E-state index is 0.183. The lowest BCUT2D eigenvalue weighted by Gasteiger charge is -2.21. The molecule has 0 spiro atoms. The molecule has 1 atom stereocenters. The van der Waals surface area contributed by atoms with Crippen molar-refractivity contribution in [1.82, 2.24) is 4.57 Å². The number of halogens is 2. The summed E-state index contributed by atoms with van der Waals surface area (Å²) >= 11 is 0.